The van der Waals surface area contributed by atoms with Crippen molar-refractivity contribution in [3.05, 3.63) is 0 Å². The topological polar surface area (TPSA) is 360 Å². The van der Waals surface area contributed by atoms with Crippen LogP contribution in [0.5, 0.6) is 0 Å². The molecule has 352 valence electrons. The molecule has 0 aromatic heterocycles. The molecular formula is C39H67N9O14. The van der Waals surface area contributed by atoms with E-state index in [0.29, 0.717) is 19.4 Å². The number of rotatable bonds is 31. The quantitative estimate of drug-likeness (QED) is 0.0326. The molecule has 23 nitrogen and oxygen atoms in total. The van der Waals surface area contributed by atoms with Gasteiger partial charge < -0.3 is 63.2 Å². The van der Waals surface area contributed by atoms with Crippen molar-refractivity contribution >= 4 is 65.1 Å². The first kappa shape index (κ1) is 56.1. The molecule has 9 amide bonds. The lowest BCUT2D eigenvalue weighted by Crippen LogP contribution is -2.60. The summed E-state index contributed by atoms with van der Waals surface area (Å²) in [5.74, 6) is -10.3. The predicted molar refractivity (Wildman–Crippen MR) is 221 cm³/mol. The fraction of sp³-hybridized carbons (Fsp3) is 0.718. The van der Waals surface area contributed by atoms with E-state index < -0.39 is 127 Å². The monoisotopic (exact) mass is 885 g/mol. The van der Waals surface area contributed by atoms with E-state index in [0.717, 1.165) is 0 Å². The van der Waals surface area contributed by atoms with Gasteiger partial charge in [-0.05, 0) is 64.7 Å². The molecule has 23 heteroatoms. The van der Waals surface area contributed by atoms with Crippen LogP contribution >= 0.6 is 0 Å². The Kier molecular flexibility index (Phi) is 26.6. The van der Waals surface area contributed by atoms with E-state index in [4.69, 9.17) is 10.5 Å². The minimum absolute atomic E-state index is 0.0266. The first-order chi connectivity index (χ1) is 28.9. The highest BCUT2D eigenvalue weighted by molar-refractivity contribution is 5.97. The van der Waals surface area contributed by atoms with Crippen molar-refractivity contribution in [2.75, 3.05) is 19.8 Å². The lowest BCUT2D eigenvalue weighted by atomic mass is 9.99. The van der Waals surface area contributed by atoms with Crippen molar-refractivity contribution < 1.29 is 67.7 Å². The molecule has 0 rings (SSSR count). The van der Waals surface area contributed by atoms with Crippen molar-refractivity contribution in [2.45, 2.75) is 149 Å². The standard InChI is InChI=1S/C39H67N9O14/c1-9-27(49)47-31(20(3)4)39(61)48-32(21(5)6)38(60)43-22(7)34(56)42-23(8)35(57)45-25(14-16-29(51)52)37(59)46-26(15-17-30(53)54)36(58)44-24(33(40)55)13-11-12-18-41-28(50)19-62-10-2/h20-26,31-32H,9-19H2,1-8H3,(H2,40,55)(H,41,50)(H,42,56)(H,43,60)(H,44,58)(H,45,57)(H,46,59)(H,47,49)(H,48,61)(H,51,52)(H,53,54)/t22-,23-,24-,25-,26-,31-,32-/m0/s1. The summed E-state index contributed by atoms with van der Waals surface area (Å²) < 4.78 is 5.01. The number of carbonyl (C=O) groups excluding carboxylic acids is 9. The highest BCUT2D eigenvalue weighted by Gasteiger charge is 2.34. The van der Waals surface area contributed by atoms with Crippen LogP contribution in [0.3, 0.4) is 0 Å². The van der Waals surface area contributed by atoms with Crippen LogP contribution in [0.15, 0.2) is 0 Å². The highest BCUT2D eigenvalue weighted by Crippen LogP contribution is 2.09. The molecule has 0 unspecified atom stereocenters. The van der Waals surface area contributed by atoms with Crippen LogP contribution in [-0.4, -0.2) is 137 Å². The minimum Gasteiger partial charge on any atom is -0.481 e. The highest BCUT2D eigenvalue weighted by atomic mass is 16.5. The van der Waals surface area contributed by atoms with Crippen LogP contribution in [0.1, 0.15) is 107 Å². The van der Waals surface area contributed by atoms with Gasteiger partial charge in [-0.1, -0.05) is 34.6 Å². The number of carboxylic acid groups (broad SMARTS) is 2. The second-order valence-electron chi connectivity index (χ2n) is 15.3. The van der Waals surface area contributed by atoms with Gasteiger partial charge in [0.2, 0.25) is 53.2 Å². The van der Waals surface area contributed by atoms with Crippen molar-refractivity contribution in [3.63, 3.8) is 0 Å². The molecule has 7 atom stereocenters. The van der Waals surface area contributed by atoms with E-state index >= 15 is 0 Å². The third kappa shape index (κ3) is 22.7. The number of hydrogen-bond acceptors (Lipinski definition) is 12. The Hall–Kier alpha value is -5.87. The molecule has 0 heterocycles. The summed E-state index contributed by atoms with van der Waals surface area (Å²) in [5.41, 5.74) is 5.48. The van der Waals surface area contributed by atoms with Gasteiger partial charge in [0.15, 0.2) is 0 Å². The summed E-state index contributed by atoms with van der Waals surface area (Å²) in [6.07, 6.45) is -1.36. The molecule has 0 aliphatic carbocycles. The molecule has 0 aliphatic heterocycles. The fourth-order valence-corrected chi connectivity index (χ4v) is 5.51. The van der Waals surface area contributed by atoms with Crippen molar-refractivity contribution in [1.29, 1.82) is 0 Å². The largest absolute Gasteiger partial charge is 0.481 e. The Morgan fingerprint density at radius 3 is 1.40 bits per heavy atom. The second-order valence-corrected chi connectivity index (χ2v) is 15.3. The van der Waals surface area contributed by atoms with Crippen LogP contribution in [0, 0.1) is 11.8 Å². The van der Waals surface area contributed by atoms with Gasteiger partial charge in [0.1, 0.15) is 48.9 Å². The molecule has 0 aliphatic rings. The predicted octanol–water partition coefficient (Wildman–Crippen LogP) is -2.32. The van der Waals surface area contributed by atoms with Gasteiger partial charge in [-0.3, -0.25) is 52.7 Å². The van der Waals surface area contributed by atoms with Crippen LogP contribution in [-0.2, 0) is 57.5 Å². The van der Waals surface area contributed by atoms with E-state index in [2.05, 4.69) is 42.5 Å². The molecule has 0 aromatic rings. The smallest absolute Gasteiger partial charge is 0.303 e. The number of unbranched alkanes of at least 4 members (excludes halogenated alkanes) is 1. The molecule has 12 N–H and O–H groups in total. The molecule has 0 bridgehead atoms. The van der Waals surface area contributed by atoms with Gasteiger partial charge >= 0.3 is 11.9 Å². The van der Waals surface area contributed by atoms with Gasteiger partial charge in [0, 0.05) is 32.4 Å². The molecule has 0 spiro atoms. The van der Waals surface area contributed by atoms with Crippen LogP contribution < -0.4 is 48.3 Å². The Balaban J connectivity index is 5.80. The van der Waals surface area contributed by atoms with Gasteiger partial charge in [0.05, 0.1) is 0 Å². The van der Waals surface area contributed by atoms with Gasteiger partial charge in [-0.15, -0.1) is 0 Å². The van der Waals surface area contributed by atoms with E-state index in [1.54, 1.807) is 41.5 Å². The third-order valence-electron chi connectivity index (χ3n) is 9.24. The molecule has 0 aromatic carbocycles. The lowest BCUT2D eigenvalue weighted by molar-refractivity contribution is -0.140. The number of amides is 9. The Morgan fingerprint density at radius 1 is 0.516 bits per heavy atom. The molecule has 0 radical (unpaired) electrons. The molecule has 0 saturated heterocycles. The fourth-order valence-electron chi connectivity index (χ4n) is 5.51. The number of nitrogens with one attached hydrogen (secondary N) is 8. The van der Waals surface area contributed by atoms with Crippen LogP contribution in [0.2, 0.25) is 0 Å². The second kappa shape index (κ2) is 29.4. The number of aliphatic carboxylic acids is 2. The Bertz CT molecular complexity index is 1570. The van der Waals surface area contributed by atoms with Crippen molar-refractivity contribution in [3.8, 4) is 0 Å². The van der Waals surface area contributed by atoms with Gasteiger partial charge in [-0.25, -0.2) is 0 Å². The lowest BCUT2D eigenvalue weighted by Gasteiger charge is -2.28. The third-order valence-corrected chi connectivity index (χ3v) is 9.24. The van der Waals surface area contributed by atoms with Crippen molar-refractivity contribution in [1.82, 2.24) is 42.5 Å². The first-order valence-electron chi connectivity index (χ1n) is 20.6. The number of carboxylic acids is 2. The minimum atomic E-state index is -1.62. The normalized spacial score (nSPS) is 14.4. The maximum atomic E-state index is 13.5. The molecule has 0 saturated carbocycles. The Labute approximate surface area is 361 Å². The Morgan fingerprint density at radius 2 is 0.952 bits per heavy atom. The summed E-state index contributed by atoms with van der Waals surface area (Å²) >= 11 is 0. The maximum absolute atomic E-state index is 13.5. The zero-order valence-corrected chi connectivity index (χ0v) is 36.8. The number of primary amides is 1. The SMILES string of the molecule is CCOCC(=O)NCCCC[C@H](NC(=O)[C@H](CCC(=O)O)NC(=O)[C@H](CCC(=O)O)NC(=O)[C@H](C)NC(=O)[C@H](C)NC(=O)[C@@H](NC(=O)[C@@H](NC(=O)CC)C(C)C)C(C)C)C(N)=O. The maximum Gasteiger partial charge on any atom is 0.303 e. The number of hydrogen-bond donors (Lipinski definition) is 11. The van der Waals surface area contributed by atoms with E-state index in [9.17, 15) is 63.0 Å². The molecule has 0 fully saturated rings. The zero-order chi connectivity index (χ0) is 47.7. The van der Waals surface area contributed by atoms with Gasteiger partial charge in [0.25, 0.3) is 0 Å². The van der Waals surface area contributed by atoms with E-state index in [-0.39, 0.29) is 43.7 Å². The summed E-state index contributed by atoms with van der Waals surface area (Å²) in [7, 11) is 0. The first-order valence-corrected chi connectivity index (χ1v) is 20.6. The summed E-state index contributed by atoms with van der Waals surface area (Å²) in [6.45, 7) is 13.1. The van der Waals surface area contributed by atoms with E-state index in [1.165, 1.54) is 13.8 Å². The molecular weight excluding hydrogens is 818 g/mol. The summed E-state index contributed by atoms with van der Waals surface area (Å²) in [4.78, 5) is 138. The zero-order valence-electron chi connectivity index (χ0n) is 36.8. The van der Waals surface area contributed by atoms with Gasteiger partial charge in [-0.2, -0.15) is 0 Å². The van der Waals surface area contributed by atoms with Crippen LogP contribution in [0.4, 0.5) is 0 Å². The average molecular weight is 886 g/mol. The number of nitrogens with two attached hydrogens (primary N) is 1. The average Bonchev–Trinajstić information content (AvgIpc) is 3.19. The van der Waals surface area contributed by atoms with Crippen LogP contribution in [0.25, 0.3) is 0 Å². The number of ether oxygens (including phenoxy) is 1. The molecule has 62 heavy (non-hydrogen) atoms. The van der Waals surface area contributed by atoms with Crippen molar-refractivity contribution in [2.24, 2.45) is 17.6 Å². The van der Waals surface area contributed by atoms with E-state index in [1.807, 2.05) is 0 Å². The summed E-state index contributed by atoms with van der Waals surface area (Å²) in [6, 6.07) is -9.14. The summed E-state index contributed by atoms with van der Waals surface area (Å²) in [5, 5.41) is 38.3. The number of carbonyl (C=O) groups is 11.